The number of carbonyl (C=O) groups is 1. The van der Waals surface area contributed by atoms with Crippen molar-refractivity contribution >= 4 is 22.2 Å². The molecule has 0 atom stereocenters. The number of hydrogen-bond acceptors (Lipinski definition) is 5. The molecule has 1 aliphatic heterocycles. The van der Waals surface area contributed by atoms with Crippen molar-refractivity contribution in [3.05, 3.63) is 47.1 Å². The second-order valence-electron chi connectivity index (χ2n) is 6.90. The standard InChI is InChI=1S/C20H24N4O2S/c1-15-5-3-4-6-16(15)17-13-24-18(14-27-20(24)21-17)19(25)22(2)7-8-23-9-11-26-12-10-23/h3-6,13-14H,7-12H2,1-2H3. The molecule has 0 unspecified atom stereocenters. The minimum atomic E-state index is 0.0308. The Morgan fingerprint density at radius 2 is 2.07 bits per heavy atom. The fraction of sp³-hybridized carbons (Fsp3) is 0.400. The minimum Gasteiger partial charge on any atom is -0.379 e. The summed E-state index contributed by atoms with van der Waals surface area (Å²) in [7, 11) is 1.87. The molecule has 3 aromatic rings. The summed E-state index contributed by atoms with van der Waals surface area (Å²) in [6.45, 7) is 7.08. The quantitative estimate of drug-likeness (QED) is 0.679. The monoisotopic (exact) mass is 384 g/mol. The zero-order valence-electron chi connectivity index (χ0n) is 15.7. The Hall–Kier alpha value is -2.22. The molecule has 4 rings (SSSR count). The number of likely N-dealkylation sites (N-methyl/N-ethyl adjacent to an activating group) is 1. The first-order valence-electron chi connectivity index (χ1n) is 9.21. The van der Waals surface area contributed by atoms with Crippen LogP contribution in [0.3, 0.4) is 0 Å². The van der Waals surface area contributed by atoms with Gasteiger partial charge in [-0.05, 0) is 12.5 Å². The Morgan fingerprint density at radius 3 is 2.85 bits per heavy atom. The third-order valence-electron chi connectivity index (χ3n) is 5.05. The lowest BCUT2D eigenvalue weighted by Gasteiger charge is -2.28. The molecule has 2 aromatic heterocycles. The van der Waals surface area contributed by atoms with Crippen molar-refractivity contribution in [2.75, 3.05) is 46.4 Å². The number of ether oxygens (including phenoxy) is 1. The van der Waals surface area contributed by atoms with Gasteiger partial charge < -0.3 is 9.64 Å². The topological polar surface area (TPSA) is 50.1 Å². The van der Waals surface area contributed by atoms with Gasteiger partial charge in [0.15, 0.2) is 4.96 Å². The van der Waals surface area contributed by atoms with Crippen molar-refractivity contribution in [2.24, 2.45) is 0 Å². The first-order valence-corrected chi connectivity index (χ1v) is 10.1. The van der Waals surface area contributed by atoms with Crippen molar-refractivity contribution < 1.29 is 9.53 Å². The molecule has 0 spiro atoms. The van der Waals surface area contributed by atoms with E-state index in [0.29, 0.717) is 12.2 Å². The van der Waals surface area contributed by atoms with E-state index < -0.39 is 0 Å². The van der Waals surface area contributed by atoms with Crippen LogP contribution >= 0.6 is 11.3 Å². The number of aromatic nitrogens is 2. The lowest BCUT2D eigenvalue weighted by atomic mass is 10.1. The van der Waals surface area contributed by atoms with E-state index in [4.69, 9.17) is 9.72 Å². The normalized spacial score (nSPS) is 15.3. The van der Waals surface area contributed by atoms with Crippen molar-refractivity contribution in [1.82, 2.24) is 19.2 Å². The van der Waals surface area contributed by atoms with Crippen LogP contribution in [0.15, 0.2) is 35.8 Å². The van der Waals surface area contributed by atoms with E-state index in [-0.39, 0.29) is 5.91 Å². The Kier molecular flexibility index (Phi) is 5.24. The maximum Gasteiger partial charge on any atom is 0.271 e. The highest BCUT2D eigenvalue weighted by Crippen LogP contribution is 2.26. The third kappa shape index (κ3) is 3.76. The molecule has 3 heterocycles. The summed E-state index contributed by atoms with van der Waals surface area (Å²) < 4.78 is 7.29. The first-order chi connectivity index (χ1) is 13.1. The molecule has 1 saturated heterocycles. The fourth-order valence-corrected chi connectivity index (χ4v) is 4.19. The van der Waals surface area contributed by atoms with Crippen LogP contribution in [-0.2, 0) is 4.74 Å². The molecule has 7 heteroatoms. The van der Waals surface area contributed by atoms with Crippen LogP contribution in [0, 0.1) is 6.92 Å². The number of aryl methyl sites for hydroxylation is 1. The van der Waals surface area contributed by atoms with Gasteiger partial charge in [0.1, 0.15) is 5.69 Å². The molecule has 1 amide bonds. The zero-order valence-corrected chi connectivity index (χ0v) is 16.5. The van der Waals surface area contributed by atoms with Gasteiger partial charge in [0.25, 0.3) is 5.91 Å². The first kappa shape index (κ1) is 18.2. The number of rotatable bonds is 5. The van der Waals surface area contributed by atoms with Gasteiger partial charge in [0.2, 0.25) is 0 Å². The smallest absolute Gasteiger partial charge is 0.271 e. The van der Waals surface area contributed by atoms with Crippen LogP contribution < -0.4 is 0 Å². The molecule has 27 heavy (non-hydrogen) atoms. The Bertz CT molecular complexity index is 943. The number of fused-ring (bicyclic) bond motifs is 1. The predicted octanol–water partition coefficient (Wildman–Crippen LogP) is 2.78. The molecule has 1 aliphatic rings. The van der Waals surface area contributed by atoms with E-state index in [0.717, 1.165) is 49.1 Å². The number of amides is 1. The summed E-state index contributed by atoms with van der Waals surface area (Å²) in [6, 6.07) is 8.18. The summed E-state index contributed by atoms with van der Waals surface area (Å²) in [5.74, 6) is 0.0308. The van der Waals surface area contributed by atoms with E-state index in [1.165, 1.54) is 16.9 Å². The largest absolute Gasteiger partial charge is 0.379 e. The highest BCUT2D eigenvalue weighted by atomic mass is 32.1. The maximum atomic E-state index is 12.9. The molecule has 0 saturated carbocycles. The van der Waals surface area contributed by atoms with E-state index in [9.17, 15) is 4.79 Å². The average molecular weight is 385 g/mol. The van der Waals surface area contributed by atoms with Gasteiger partial charge >= 0.3 is 0 Å². The molecular weight excluding hydrogens is 360 g/mol. The van der Waals surface area contributed by atoms with Crippen LogP contribution in [0.1, 0.15) is 16.1 Å². The molecule has 0 radical (unpaired) electrons. The van der Waals surface area contributed by atoms with Gasteiger partial charge in [-0.25, -0.2) is 4.98 Å². The summed E-state index contributed by atoms with van der Waals surface area (Å²) >= 11 is 1.50. The number of carbonyl (C=O) groups excluding carboxylic acids is 1. The Balaban J connectivity index is 1.51. The Morgan fingerprint density at radius 1 is 1.30 bits per heavy atom. The highest BCUT2D eigenvalue weighted by Gasteiger charge is 2.20. The third-order valence-corrected chi connectivity index (χ3v) is 5.89. The number of hydrogen-bond donors (Lipinski definition) is 0. The number of thiazole rings is 1. The van der Waals surface area contributed by atoms with Crippen molar-refractivity contribution in [3.8, 4) is 11.3 Å². The van der Waals surface area contributed by atoms with Crippen LogP contribution in [0.4, 0.5) is 0 Å². The second-order valence-corrected chi connectivity index (χ2v) is 7.73. The molecular formula is C20H24N4O2S. The van der Waals surface area contributed by atoms with Gasteiger partial charge in [-0.3, -0.25) is 14.1 Å². The fourth-order valence-electron chi connectivity index (χ4n) is 3.34. The van der Waals surface area contributed by atoms with E-state index >= 15 is 0 Å². The number of imidazole rings is 1. The highest BCUT2D eigenvalue weighted by molar-refractivity contribution is 7.15. The van der Waals surface area contributed by atoms with Crippen LogP contribution in [0.2, 0.25) is 0 Å². The van der Waals surface area contributed by atoms with E-state index in [1.807, 2.05) is 35.2 Å². The SMILES string of the molecule is Cc1ccccc1-c1cn2c(C(=O)N(C)CCN3CCOCC3)csc2n1. The van der Waals surface area contributed by atoms with Crippen molar-refractivity contribution in [3.63, 3.8) is 0 Å². The van der Waals surface area contributed by atoms with Crippen molar-refractivity contribution in [1.29, 1.82) is 0 Å². The molecule has 1 aromatic carbocycles. The zero-order chi connectivity index (χ0) is 18.8. The molecule has 6 nitrogen and oxygen atoms in total. The molecule has 0 bridgehead atoms. The van der Waals surface area contributed by atoms with Gasteiger partial charge in [0, 0.05) is 50.4 Å². The maximum absolute atomic E-state index is 12.9. The number of nitrogens with zero attached hydrogens (tertiary/aromatic N) is 4. The van der Waals surface area contributed by atoms with Crippen LogP contribution in [-0.4, -0.2) is 71.5 Å². The molecule has 0 N–H and O–H groups in total. The summed E-state index contributed by atoms with van der Waals surface area (Å²) in [5, 5.41) is 1.90. The number of benzene rings is 1. The van der Waals surface area contributed by atoms with E-state index in [2.05, 4.69) is 24.0 Å². The van der Waals surface area contributed by atoms with Gasteiger partial charge in [0.05, 0.1) is 18.9 Å². The second kappa shape index (κ2) is 7.80. The molecule has 0 aliphatic carbocycles. The van der Waals surface area contributed by atoms with Gasteiger partial charge in [-0.1, -0.05) is 24.3 Å². The number of morpholine rings is 1. The summed E-state index contributed by atoms with van der Waals surface area (Å²) in [5.41, 5.74) is 3.86. The molecule has 142 valence electrons. The van der Waals surface area contributed by atoms with Crippen LogP contribution in [0.25, 0.3) is 16.2 Å². The lowest BCUT2D eigenvalue weighted by Crippen LogP contribution is -2.42. The minimum absolute atomic E-state index is 0.0308. The molecule has 1 fully saturated rings. The lowest BCUT2D eigenvalue weighted by molar-refractivity contribution is 0.0337. The summed E-state index contributed by atoms with van der Waals surface area (Å²) in [6.07, 6.45) is 1.97. The summed E-state index contributed by atoms with van der Waals surface area (Å²) in [4.78, 5) is 22.6. The Labute approximate surface area is 163 Å². The predicted molar refractivity (Wildman–Crippen MR) is 107 cm³/mol. The average Bonchev–Trinajstić information content (AvgIpc) is 3.27. The van der Waals surface area contributed by atoms with Crippen molar-refractivity contribution in [2.45, 2.75) is 6.92 Å². The van der Waals surface area contributed by atoms with Crippen LogP contribution in [0.5, 0.6) is 0 Å². The van der Waals surface area contributed by atoms with Gasteiger partial charge in [-0.2, -0.15) is 0 Å². The van der Waals surface area contributed by atoms with E-state index in [1.54, 1.807) is 4.90 Å². The van der Waals surface area contributed by atoms with Gasteiger partial charge in [-0.15, -0.1) is 11.3 Å².